The molecule has 1 saturated carbocycles. The third-order valence-corrected chi connectivity index (χ3v) is 3.86. The number of nitrogens with one attached hydrogen (secondary N) is 1. The Morgan fingerprint density at radius 3 is 2.74 bits per heavy atom. The first kappa shape index (κ1) is 12.0. The van der Waals surface area contributed by atoms with Crippen molar-refractivity contribution in [1.29, 1.82) is 0 Å². The Labute approximate surface area is 111 Å². The number of nitrogens with two attached hydrogens (primary N) is 1. The monoisotopic (exact) mass is 256 g/mol. The van der Waals surface area contributed by atoms with Crippen molar-refractivity contribution in [2.45, 2.75) is 31.2 Å². The van der Waals surface area contributed by atoms with Gasteiger partial charge in [-0.3, -0.25) is 9.59 Å². The van der Waals surface area contributed by atoms with Crippen LogP contribution in [-0.4, -0.2) is 17.4 Å². The lowest BCUT2D eigenvalue weighted by molar-refractivity contribution is -0.120. The minimum atomic E-state index is -0.799. The smallest absolute Gasteiger partial charge is 0.252 e. The molecule has 0 heterocycles. The van der Waals surface area contributed by atoms with E-state index in [-0.39, 0.29) is 5.91 Å². The van der Waals surface area contributed by atoms with Crippen molar-refractivity contribution in [3.8, 4) is 0 Å². The zero-order valence-corrected chi connectivity index (χ0v) is 10.6. The minimum Gasteiger partial charge on any atom is -0.368 e. The maximum atomic E-state index is 12.2. The maximum absolute atomic E-state index is 12.2. The average molecular weight is 256 g/mol. The van der Waals surface area contributed by atoms with E-state index in [9.17, 15) is 9.59 Å². The molecule has 19 heavy (non-hydrogen) atoms. The number of allylic oxidation sites excluding steroid dienone is 1. The number of hydrogen-bond acceptors (Lipinski definition) is 2. The van der Waals surface area contributed by atoms with E-state index in [1.165, 1.54) is 11.1 Å². The van der Waals surface area contributed by atoms with Crippen LogP contribution < -0.4 is 11.1 Å². The SMILES string of the molecule is NC(=O)C1(NC(=O)c2ccc3c(c2)CCC=C3)CC1. The molecule has 0 atom stereocenters. The fraction of sp³-hybridized carbons (Fsp3) is 0.333. The highest BCUT2D eigenvalue weighted by Crippen LogP contribution is 2.35. The molecule has 0 radical (unpaired) electrons. The number of rotatable bonds is 3. The predicted molar refractivity (Wildman–Crippen MR) is 72.4 cm³/mol. The zero-order chi connectivity index (χ0) is 13.5. The molecule has 1 aromatic carbocycles. The topological polar surface area (TPSA) is 72.2 Å². The van der Waals surface area contributed by atoms with Crippen LogP contribution >= 0.6 is 0 Å². The first-order valence-corrected chi connectivity index (χ1v) is 6.53. The summed E-state index contributed by atoms with van der Waals surface area (Å²) in [5.74, 6) is -0.657. The molecule has 2 aliphatic carbocycles. The van der Waals surface area contributed by atoms with Crippen LogP contribution in [0.25, 0.3) is 6.08 Å². The Hall–Kier alpha value is -2.10. The second kappa shape index (κ2) is 4.23. The van der Waals surface area contributed by atoms with Gasteiger partial charge < -0.3 is 11.1 Å². The van der Waals surface area contributed by atoms with Gasteiger partial charge in [-0.05, 0) is 48.9 Å². The molecule has 4 nitrogen and oxygen atoms in total. The zero-order valence-electron chi connectivity index (χ0n) is 10.6. The largest absolute Gasteiger partial charge is 0.368 e. The highest BCUT2D eigenvalue weighted by molar-refractivity contribution is 6.00. The van der Waals surface area contributed by atoms with Crippen LogP contribution in [-0.2, 0) is 11.2 Å². The number of fused-ring (bicyclic) bond motifs is 1. The van der Waals surface area contributed by atoms with E-state index in [4.69, 9.17) is 5.73 Å². The van der Waals surface area contributed by atoms with Crippen molar-refractivity contribution >= 4 is 17.9 Å². The van der Waals surface area contributed by atoms with Crippen molar-refractivity contribution in [2.24, 2.45) is 5.73 Å². The molecule has 1 fully saturated rings. The van der Waals surface area contributed by atoms with Crippen LogP contribution in [0.2, 0.25) is 0 Å². The lowest BCUT2D eigenvalue weighted by Crippen LogP contribution is -2.46. The van der Waals surface area contributed by atoms with Crippen LogP contribution in [0.4, 0.5) is 0 Å². The molecule has 0 spiro atoms. The molecule has 98 valence electrons. The van der Waals surface area contributed by atoms with Crippen molar-refractivity contribution < 1.29 is 9.59 Å². The molecule has 1 aromatic rings. The van der Waals surface area contributed by atoms with Gasteiger partial charge in [-0.25, -0.2) is 0 Å². The van der Waals surface area contributed by atoms with E-state index in [2.05, 4.69) is 17.5 Å². The summed E-state index contributed by atoms with van der Waals surface area (Å²) in [6.07, 6.45) is 7.45. The molecule has 0 unspecified atom stereocenters. The van der Waals surface area contributed by atoms with Gasteiger partial charge in [0.2, 0.25) is 5.91 Å². The van der Waals surface area contributed by atoms with Gasteiger partial charge in [-0.2, -0.15) is 0 Å². The van der Waals surface area contributed by atoms with Gasteiger partial charge in [0.25, 0.3) is 5.91 Å². The van der Waals surface area contributed by atoms with Crippen molar-refractivity contribution in [3.05, 3.63) is 41.0 Å². The molecule has 0 aliphatic heterocycles. The molecule has 3 rings (SSSR count). The fourth-order valence-electron chi connectivity index (χ4n) is 2.42. The number of amides is 2. The Balaban J connectivity index is 1.81. The summed E-state index contributed by atoms with van der Waals surface area (Å²) in [6.45, 7) is 0. The summed E-state index contributed by atoms with van der Waals surface area (Å²) in [5, 5.41) is 2.76. The van der Waals surface area contributed by atoms with Gasteiger partial charge in [0.1, 0.15) is 5.54 Å². The molecular formula is C15H16N2O2. The quantitative estimate of drug-likeness (QED) is 0.858. The number of hydrogen-bond donors (Lipinski definition) is 2. The first-order chi connectivity index (χ1) is 9.11. The van der Waals surface area contributed by atoms with Gasteiger partial charge in [0, 0.05) is 5.56 Å². The Bertz CT molecular complexity index is 586. The van der Waals surface area contributed by atoms with Gasteiger partial charge in [0.15, 0.2) is 0 Å². The summed E-state index contributed by atoms with van der Waals surface area (Å²) in [4.78, 5) is 23.4. The predicted octanol–water partition coefficient (Wildman–Crippen LogP) is 1.39. The lowest BCUT2D eigenvalue weighted by Gasteiger charge is -2.15. The number of aryl methyl sites for hydroxylation is 1. The second-order valence-electron chi connectivity index (χ2n) is 5.26. The van der Waals surface area contributed by atoms with Gasteiger partial charge >= 0.3 is 0 Å². The van der Waals surface area contributed by atoms with Crippen molar-refractivity contribution in [3.63, 3.8) is 0 Å². The van der Waals surface area contributed by atoms with Crippen LogP contribution in [0.3, 0.4) is 0 Å². The van der Waals surface area contributed by atoms with E-state index in [0.717, 1.165) is 12.8 Å². The molecule has 4 heteroatoms. The molecule has 2 aliphatic rings. The van der Waals surface area contributed by atoms with Crippen molar-refractivity contribution in [2.75, 3.05) is 0 Å². The third kappa shape index (κ3) is 2.14. The van der Waals surface area contributed by atoms with Gasteiger partial charge in [0.05, 0.1) is 0 Å². The van der Waals surface area contributed by atoms with E-state index in [0.29, 0.717) is 18.4 Å². The molecule has 0 saturated heterocycles. The summed E-state index contributed by atoms with van der Waals surface area (Å²) >= 11 is 0. The Morgan fingerprint density at radius 2 is 2.05 bits per heavy atom. The fourth-order valence-corrected chi connectivity index (χ4v) is 2.42. The number of carbonyl (C=O) groups is 2. The van der Waals surface area contributed by atoms with E-state index in [1.54, 1.807) is 6.07 Å². The normalized spacial score (nSPS) is 18.5. The molecular weight excluding hydrogens is 240 g/mol. The lowest BCUT2D eigenvalue weighted by atomic mass is 9.95. The van der Waals surface area contributed by atoms with E-state index < -0.39 is 11.4 Å². The van der Waals surface area contributed by atoms with Crippen molar-refractivity contribution in [1.82, 2.24) is 5.32 Å². The highest BCUT2D eigenvalue weighted by Gasteiger charge is 2.49. The maximum Gasteiger partial charge on any atom is 0.252 e. The van der Waals surface area contributed by atoms with Crippen LogP contribution in [0.1, 0.15) is 40.7 Å². The van der Waals surface area contributed by atoms with Gasteiger partial charge in [-0.15, -0.1) is 0 Å². The van der Waals surface area contributed by atoms with Gasteiger partial charge in [-0.1, -0.05) is 18.2 Å². The van der Waals surface area contributed by atoms with Crippen LogP contribution in [0, 0.1) is 0 Å². The summed E-state index contributed by atoms with van der Waals surface area (Å²) in [7, 11) is 0. The second-order valence-corrected chi connectivity index (χ2v) is 5.26. The summed E-state index contributed by atoms with van der Waals surface area (Å²) in [6, 6.07) is 5.65. The molecule has 0 aromatic heterocycles. The van der Waals surface area contributed by atoms with E-state index in [1.807, 2.05) is 12.1 Å². The Kier molecular flexibility index (Phi) is 2.66. The first-order valence-electron chi connectivity index (χ1n) is 6.53. The Morgan fingerprint density at radius 1 is 1.26 bits per heavy atom. The van der Waals surface area contributed by atoms with Crippen LogP contribution in [0.5, 0.6) is 0 Å². The summed E-state index contributed by atoms with van der Waals surface area (Å²) in [5.41, 5.74) is 7.45. The highest BCUT2D eigenvalue weighted by atomic mass is 16.2. The van der Waals surface area contributed by atoms with Crippen LogP contribution in [0.15, 0.2) is 24.3 Å². The number of benzene rings is 1. The average Bonchev–Trinajstić information content (AvgIpc) is 3.19. The number of primary amides is 1. The van der Waals surface area contributed by atoms with E-state index >= 15 is 0 Å². The third-order valence-electron chi connectivity index (χ3n) is 3.86. The molecule has 2 amide bonds. The minimum absolute atomic E-state index is 0.214. The standard InChI is InChI=1S/C15H16N2O2/c16-14(19)15(7-8-15)17-13(18)12-6-5-10-3-1-2-4-11(10)9-12/h1,3,5-6,9H,2,4,7-8H2,(H2,16,19)(H,17,18). The summed E-state index contributed by atoms with van der Waals surface area (Å²) < 4.78 is 0. The number of carbonyl (C=O) groups excluding carboxylic acids is 2. The molecule has 0 bridgehead atoms. The molecule has 3 N–H and O–H groups in total.